The normalized spacial score (nSPS) is 10.2. The number of aromatic nitrogens is 3. The van der Waals surface area contributed by atoms with E-state index in [1.807, 2.05) is 6.07 Å². The molecule has 2 aromatic carbocycles. The summed E-state index contributed by atoms with van der Waals surface area (Å²) in [5.74, 6) is 1.79. The van der Waals surface area contributed by atoms with E-state index in [9.17, 15) is 4.79 Å². The van der Waals surface area contributed by atoms with Crippen LogP contribution in [-0.2, 0) is 4.79 Å². The number of H-pyrrole nitrogens is 1. The first kappa shape index (κ1) is 24.8. The van der Waals surface area contributed by atoms with Crippen LogP contribution in [0, 0.1) is 0 Å². The predicted molar refractivity (Wildman–Crippen MR) is 123 cm³/mol. The molecule has 0 saturated carbocycles. The summed E-state index contributed by atoms with van der Waals surface area (Å²) in [5.41, 5.74) is 8.56. The van der Waals surface area contributed by atoms with Gasteiger partial charge < -0.3 is 30.0 Å². The Morgan fingerprint density at radius 1 is 0.906 bits per heavy atom. The van der Waals surface area contributed by atoms with Gasteiger partial charge in [0.15, 0.2) is 11.5 Å². The fraction of sp³-hybridized carbons (Fsp3) is 0.286. The lowest BCUT2D eigenvalue weighted by Gasteiger charge is -2.14. The lowest BCUT2D eigenvalue weighted by Crippen LogP contribution is -2.16. The van der Waals surface area contributed by atoms with E-state index >= 15 is 0 Å². The number of nitrogens with zero attached hydrogens (tertiary/aromatic N) is 2. The molecular formula is C21H26ClN5O5. The van der Waals surface area contributed by atoms with Gasteiger partial charge in [-0.2, -0.15) is 15.4 Å². The van der Waals surface area contributed by atoms with E-state index in [1.54, 1.807) is 45.6 Å². The van der Waals surface area contributed by atoms with Crippen molar-refractivity contribution in [1.82, 2.24) is 15.4 Å². The fourth-order valence-corrected chi connectivity index (χ4v) is 3.15. The highest BCUT2D eigenvalue weighted by Crippen LogP contribution is 2.42. The van der Waals surface area contributed by atoms with Gasteiger partial charge in [-0.25, -0.2) is 0 Å². The van der Waals surface area contributed by atoms with Crippen LogP contribution in [0.1, 0.15) is 6.42 Å². The van der Waals surface area contributed by atoms with Crippen LogP contribution in [-0.4, -0.2) is 56.3 Å². The first-order valence-corrected chi connectivity index (χ1v) is 9.45. The number of nitrogens with two attached hydrogens (primary N) is 1. The SMILES string of the molecule is COc1ccc(-c2n[nH]nc2-c2cc(OC)c(OC)c(OC)c2)cc1NC(=O)CCN.Cl. The zero-order valence-electron chi connectivity index (χ0n) is 18.2. The Hall–Kier alpha value is -3.50. The number of halogens is 1. The molecule has 10 nitrogen and oxygen atoms in total. The number of hydrogen-bond donors (Lipinski definition) is 3. The summed E-state index contributed by atoms with van der Waals surface area (Å²) in [6.07, 6.45) is 0.202. The number of methoxy groups -OCH3 is 4. The molecule has 0 saturated heterocycles. The van der Waals surface area contributed by atoms with E-state index in [0.717, 1.165) is 5.56 Å². The number of nitrogens with one attached hydrogen (secondary N) is 2. The average molecular weight is 464 g/mol. The first-order chi connectivity index (χ1) is 15.1. The summed E-state index contributed by atoms with van der Waals surface area (Å²) in [6, 6.07) is 8.93. The van der Waals surface area contributed by atoms with Crippen LogP contribution in [0.2, 0.25) is 0 Å². The fourth-order valence-electron chi connectivity index (χ4n) is 3.15. The molecule has 0 unspecified atom stereocenters. The molecule has 0 atom stereocenters. The smallest absolute Gasteiger partial charge is 0.225 e. The van der Waals surface area contributed by atoms with Crippen molar-refractivity contribution in [2.24, 2.45) is 5.73 Å². The number of carbonyl (C=O) groups is 1. The maximum Gasteiger partial charge on any atom is 0.225 e. The molecule has 1 amide bonds. The van der Waals surface area contributed by atoms with E-state index in [1.165, 1.54) is 7.11 Å². The van der Waals surface area contributed by atoms with Crippen molar-refractivity contribution < 1.29 is 23.7 Å². The number of hydrogen-bond acceptors (Lipinski definition) is 8. The summed E-state index contributed by atoms with van der Waals surface area (Å²) in [4.78, 5) is 12.0. The maximum absolute atomic E-state index is 12.0. The second-order valence-electron chi connectivity index (χ2n) is 6.44. The van der Waals surface area contributed by atoms with Gasteiger partial charge in [0.25, 0.3) is 0 Å². The van der Waals surface area contributed by atoms with Crippen molar-refractivity contribution in [1.29, 1.82) is 0 Å². The predicted octanol–water partition coefficient (Wildman–Crippen LogP) is 2.88. The number of carbonyl (C=O) groups excluding carboxylic acids is 1. The molecule has 172 valence electrons. The van der Waals surface area contributed by atoms with Gasteiger partial charge in [0.05, 0.1) is 34.1 Å². The summed E-state index contributed by atoms with van der Waals surface area (Å²) in [6.45, 7) is 0.252. The Labute approximate surface area is 191 Å². The molecule has 0 aliphatic heterocycles. The highest BCUT2D eigenvalue weighted by molar-refractivity contribution is 5.94. The van der Waals surface area contributed by atoms with Gasteiger partial charge in [-0.15, -0.1) is 12.4 Å². The van der Waals surface area contributed by atoms with Crippen molar-refractivity contribution in [3.8, 4) is 45.5 Å². The zero-order valence-corrected chi connectivity index (χ0v) is 19.0. The Kier molecular flexibility index (Phi) is 8.68. The molecule has 0 radical (unpaired) electrons. The quantitative estimate of drug-likeness (QED) is 0.441. The van der Waals surface area contributed by atoms with Crippen LogP contribution in [0.5, 0.6) is 23.0 Å². The van der Waals surface area contributed by atoms with Crippen LogP contribution >= 0.6 is 12.4 Å². The van der Waals surface area contributed by atoms with Crippen LogP contribution in [0.4, 0.5) is 5.69 Å². The highest BCUT2D eigenvalue weighted by atomic mass is 35.5. The Bertz CT molecular complexity index is 1050. The van der Waals surface area contributed by atoms with Gasteiger partial charge in [-0.1, -0.05) is 0 Å². The summed E-state index contributed by atoms with van der Waals surface area (Å²) >= 11 is 0. The van der Waals surface area contributed by atoms with E-state index in [-0.39, 0.29) is 31.3 Å². The van der Waals surface area contributed by atoms with Crippen molar-refractivity contribution >= 4 is 24.0 Å². The van der Waals surface area contributed by atoms with E-state index < -0.39 is 0 Å². The number of aromatic amines is 1. The molecule has 0 aliphatic rings. The topological polar surface area (TPSA) is 134 Å². The molecule has 0 spiro atoms. The molecule has 3 rings (SSSR count). The van der Waals surface area contributed by atoms with Crippen LogP contribution < -0.4 is 30.0 Å². The average Bonchev–Trinajstić information content (AvgIpc) is 3.28. The molecule has 11 heteroatoms. The summed E-state index contributed by atoms with van der Waals surface area (Å²) in [5, 5.41) is 14.1. The molecule has 4 N–H and O–H groups in total. The minimum Gasteiger partial charge on any atom is -0.495 e. The Morgan fingerprint density at radius 3 is 2.03 bits per heavy atom. The van der Waals surface area contributed by atoms with Crippen LogP contribution in [0.25, 0.3) is 22.5 Å². The molecule has 1 aromatic heterocycles. The van der Waals surface area contributed by atoms with E-state index in [4.69, 9.17) is 24.7 Å². The van der Waals surface area contributed by atoms with E-state index in [2.05, 4.69) is 20.7 Å². The lowest BCUT2D eigenvalue weighted by atomic mass is 10.0. The van der Waals surface area contributed by atoms with Gasteiger partial charge in [-0.3, -0.25) is 4.79 Å². The van der Waals surface area contributed by atoms with E-state index in [0.29, 0.717) is 45.6 Å². The highest BCUT2D eigenvalue weighted by Gasteiger charge is 2.20. The number of rotatable bonds is 9. The monoisotopic (exact) mass is 463 g/mol. The van der Waals surface area contributed by atoms with Gasteiger partial charge >= 0.3 is 0 Å². The van der Waals surface area contributed by atoms with Gasteiger partial charge in [0, 0.05) is 24.1 Å². The van der Waals surface area contributed by atoms with Crippen molar-refractivity contribution in [3.05, 3.63) is 30.3 Å². The maximum atomic E-state index is 12.0. The molecular weight excluding hydrogens is 438 g/mol. The number of anilines is 1. The number of ether oxygens (including phenoxy) is 4. The number of benzene rings is 2. The second kappa shape index (κ2) is 11.2. The number of amides is 1. The molecule has 0 aliphatic carbocycles. The molecule has 1 heterocycles. The van der Waals surface area contributed by atoms with Crippen molar-refractivity contribution in [2.75, 3.05) is 40.3 Å². The summed E-state index contributed by atoms with van der Waals surface area (Å²) < 4.78 is 21.6. The lowest BCUT2D eigenvalue weighted by molar-refractivity contribution is -0.116. The van der Waals surface area contributed by atoms with Crippen molar-refractivity contribution in [2.45, 2.75) is 6.42 Å². The third kappa shape index (κ3) is 5.04. The minimum atomic E-state index is -0.206. The largest absolute Gasteiger partial charge is 0.495 e. The third-order valence-corrected chi connectivity index (χ3v) is 4.60. The van der Waals surface area contributed by atoms with Crippen LogP contribution in [0.3, 0.4) is 0 Å². The molecule has 3 aromatic rings. The third-order valence-electron chi connectivity index (χ3n) is 4.60. The summed E-state index contributed by atoms with van der Waals surface area (Å²) in [7, 11) is 6.17. The van der Waals surface area contributed by atoms with Crippen molar-refractivity contribution in [3.63, 3.8) is 0 Å². The van der Waals surface area contributed by atoms with Gasteiger partial charge in [-0.05, 0) is 30.3 Å². The first-order valence-electron chi connectivity index (χ1n) is 9.45. The standard InChI is InChI=1S/C21H25N5O5.ClH/c1-28-15-6-5-12(9-14(15)23-18(27)7-8-22)19-20(25-26-24-19)13-10-16(29-2)21(31-4)17(11-13)30-3;/h5-6,9-11H,7-8,22H2,1-4H3,(H,23,27)(H,24,25,26);1H. The molecule has 32 heavy (non-hydrogen) atoms. The molecule has 0 bridgehead atoms. The van der Waals surface area contributed by atoms with Gasteiger partial charge in [0.1, 0.15) is 17.1 Å². The molecule has 0 fully saturated rings. The van der Waals surface area contributed by atoms with Gasteiger partial charge in [0.2, 0.25) is 11.7 Å². The van der Waals surface area contributed by atoms with Crippen LogP contribution in [0.15, 0.2) is 30.3 Å². The zero-order chi connectivity index (χ0) is 22.4. The Morgan fingerprint density at radius 2 is 1.50 bits per heavy atom. The Balaban J connectivity index is 0.00000363. The minimum absolute atomic E-state index is 0. The second-order valence-corrected chi connectivity index (χ2v) is 6.44.